The molecule has 2 unspecified atom stereocenters. The Morgan fingerprint density at radius 3 is 2.51 bits per heavy atom. The molecule has 1 aliphatic heterocycles. The number of nitrogens with one attached hydrogen (secondary N) is 4. The van der Waals surface area contributed by atoms with Gasteiger partial charge in [-0.25, -0.2) is 18.2 Å². The lowest BCUT2D eigenvalue weighted by Gasteiger charge is -2.27. The molecule has 2 heterocycles. The number of aromatic nitrogens is 2. The predicted molar refractivity (Wildman–Crippen MR) is 138 cm³/mol. The molecule has 0 spiro atoms. The average Bonchev–Trinajstić information content (AvgIpc) is 3.38. The van der Waals surface area contributed by atoms with E-state index in [4.69, 9.17) is 28.0 Å². The normalized spacial score (nSPS) is 17.0. The van der Waals surface area contributed by atoms with Gasteiger partial charge in [0.25, 0.3) is 5.91 Å². The van der Waals surface area contributed by atoms with Gasteiger partial charge in [-0.05, 0) is 45.7 Å². The minimum absolute atomic E-state index is 0.0207. The fraction of sp³-hybridized carbons (Fsp3) is 0.455. The standard InChI is InChI=1S/C22H28Cl2N6O6S/c1-12-13(2)27-21(26-12)25-10-5-4-7-14-11-36-29-17(14)19(31)28-22(3,20(32)33)30-37(34,35)18-15(23)8-6-9-16(18)24/h6,8-9,14,30H,4-5,7,10-11H2,1-3H3,(H,28,31)(H,32,33)(H2,25,26,27). The lowest BCUT2D eigenvalue weighted by Crippen LogP contribution is -2.64. The van der Waals surface area contributed by atoms with Gasteiger partial charge in [-0.3, -0.25) is 4.79 Å². The number of anilines is 1. The number of hydrogen-bond donors (Lipinski definition) is 5. The van der Waals surface area contributed by atoms with Crippen LogP contribution in [0.5, 0.6) is 0 Å². The third-order valence-corrected chi connectivity index (χ3v) is 8.28. The fourth-order valence-corrected chi connectivity index (χ4v) is 6.06. The number of nitrogens with zero attached hydrogens (tertiary/aromatic N) is 2. The lowest BCUT2D eigenvalue weighted by molar-refractivity contribution is -0.146. The van der Waals surface area contributed by atoms with Crippen LogP contribution in [-0.2, 0) is 24.4 Å². The highest BCUT2D eigenvalue weighted by Crippen LogP contribution is 2.29. The molecule has 15 heteroatoms. The van der Waals surface area contributed by atoms with E-state index in [2.05, 4.69) is 25.8 Å². The summed E-state index contributed by atoms with van der Waals surface area (Å²) < 4.78 is 27.8. The Hall–Kier alpha value is -2.87. The molecule has 2 atom stereocenters. The summed E-state index contributed by atoms with van der Waals surface area (Å²) in [6.07, 6.45) is 2.05. The summed E-state index contributed by atoms with van der Waals surface area (Å²) in [7, 11) is -4.55. The maximum Gasteiger partial charge on any atom is 0.345 e. The molecular weight excluding hydrogens is 547 g/mol. The number of benzene rings is 1. The zero-order valence-corrected chi connectivity index (χ0v) is 22.7. The summed E-state index contributed by atoms with van der Waals surface area (Å²) in [5.41, 5.74) is -0.545. The summed E-state index contributed by atoms with van der Waals surface area (Å²) in [5.74, 6) is -2.23. The number of unbranched alkanes of at least 4 members (excludes halogenated alkanes) is 1. The molecule has 1 aliphatic rings. The number of carboxylic acid groups (broad SMARTS) is 1. The number of aromatic amines is 1. The minimum Gasteiger partial charge on any atom is -0.478 e. The number of halogens is 2. The molecule has 3 rings (SSSR count). The van der Waals surface area contributed by atoms with Crippen LogP contribution in [0.2, 0.25) is 10.0 Å². The number of hydrogen-bond acceptors (Lipinski definition) is 8. The number of amides is 1. The van der Waals surface area contributed by atoms with Crippen molar-refractivity contribution in [2.24, 2.45) is 11.1 Å². The van der Waals surface area contributed by atoms with Gasteiger partial charge in [-0.15, -0.1) is 0 Å². The predicted octanol–water partition coefficient (Wildman–Crippen LogP) is 2.81. The second kappa shape index (κ2) is 11.7. The highest BCUT2D eigenvalue weighted by molar-refractivity contribution is 7.89. The van der Waals surface area contributed by atoms with E-state index in [1.807, 2.05) is 18.6 Å². The first-order valence-electron chi connectivity index (χ1n) is 11.3. The molecule has 5 N–H and O–H groups in total. The van der Waals surface area contributed by atoms with E-state index < -0.39 is 32.5 Å². The summed E-state index contributed by atoms with van der Waals surface area (Å²) in [5, 5.41) is 18.5. The van der Waals surface area contributed by atoms with Crippen LogP contribution in [0.4, 0.5) is 5.95 Å². The van der Waals surface area contributed by atoms with Crippen molar-refractivity contribution in [3.05, 3.63) is 39.6 Å². The number of carboxylic acids is 1. The number of carbonyl (C=O) groups excluding carboxylic acids is 1. The van der Waals surface area contributed by atoms with Gasteiger partial charge in [0.05, 0.1) is 15.7 Å². The van der Waals surface area contributed by atoms with Crippen LogP contribution < -0.4 is 15.4 Å². The summed E-state index contributed by atoms with van der Waals surface area (Å²) >= 11 is 12.0. The molecule has 0 aliphatic carbocycles. The molecule has 12 nitrogen and oxygen atoms in total. The van der Waals surface area contributed by atoms with Gasteiger partial charge in [-0.1, -0.05) is 40.8 Å². The van der Waals surface area contributed by atoms with E-state index in [1.165, 1.54) is 18.2 Å². The zero-order valence-electron chi connectivity index (χ0n) is 20.4. The Morgan fingerprint density at radius 1 is 1.24 bits per heavy atom. The molecule has 0 radical (unpaired) electrons. The number of rotatable bonds is 12. The van der Waals surface area contributed by atoms with Crippen molar-refractivity contribution < 1.29 is 28.0 Å². The van der Waals surface area contributed by atoms with Crippen LogP contribution in [0.1, 0.15) is 37.6 Å². The van der Waals surface area contributed by atoms with Crippen LogP contribution in [0.25, 0.3) is 0 Å². The highest BCUT2D eigenvalue weighted by atomic mass is 35.5. The molecule has 202 valence electrons. The van der Waals surface area contributed by atoms with Gasteiger partial charge < -0.3 is 25.6 Å². The molecule has 0 saturated carbocycles. The van der Waals surface area contributed by atoms with E-state index in [1.54, 1.807) is 0 Å². The minimum atomic E-state index is -4.55. The van der Waals surface area contributed by atoms with Gasteiger partial charge in [0.15, 0.2) is 5.71 Å². The van der Waals surface area contributed by atoms with Crippen molar-refractivity contribution in [2.45, 2.75) is 50.6 Å². The smallest absolute Gasteiger partial charge is 0.345 e. The van der Waals surface area contributed by atoms with Crippen molar-refractivity contribution in [3.63, 3.8) is 0 Å². The Balaban J connectivity index is 1.60. The number of imidazole rings is 1. The number of carbonyl (C=O) groups is 2. The van der Waals surface area contributed by atoms with E-state index in [-0.39, 0.29) is 28.3 Å². The quantitative estimate of drug-likeness (QED) is 0.190. The third kappa shape index (κ3) is 6.92. The van der Waals surface area contributed by atoms with Crippen molar-refractivity contribution in [1.29, 1.82) is 0 Å². The van der Waals surface area contributed by atoms with Crippen molar-refractivity contribution >= 4 is 56.8 Å². The van der Waals surface area contributed by atoms with E-state index >= 15 is 0 Å². The van der Waals surface area contributed by atoms with Gasteiger partial charge in [-0.2, -0.15) is 4.72 Å². The number of H-pyrrole nitrogens is 1. The Morgan fingerprint density at radius 2 is 1.92 bits per heavy atom. The average molecular weight is 575 g/mol. The van der Waals surface area contributed by atoms with Crippen molar-refractivity contribution in [2.75, 3.05) is 18.5 Å². The zero-order chi connectivity index (χ0) is 27.4. The van der Waals surface area contributed by atoms with Gasteiger partial charge in [0.2, 0.25) is 21.6 Å². The molecular formula is C22H28Cl2N6O6S. The molecule has 0 fully saturated rings. The Labute approximate surface area is 224 Å². The number of oxime groups is 1. The van der Waals surface area contributed by atoms with Crippen molar-refractivity contribution in [3.8, 4) is 0 Å². The first-order chi connectivity index (χ1) is 17.3. The second-order valence-electron chi connectivity index (χ2n) is 8.73. The molecule has 1 aromatic heterocycles. The molecule has 0 bridgehead atoms. The molecule has 1 amide bonds. The summed E-state index contributed by atoms with van der Waals surface area (Å²) in [4.78, 5) is 37.0. The number of aliphatic carboxylic acids is 1. The third-order valence-electron chi connectivity index (χ3n) is 5.78. The van der Waals surface area contributed by atoms with Crippen molar-refractivity contribution in [1.82, 2.24) is 20.0 Å². The second-order valence-corrected chi connectivity index (χ2v) is 11.2. The number of aryl methyl sites for hydroxylation is 2. The van der Waals surface area contributed by atoms with Gasteiger partial charge in [0, 0.05) is 18.2 Å². The molecule has 0 saturated heterocycles. The summed E-state index contributed by atoms with van der Waals surface area (Å²) in [6, 6.07) is 4.02. The van der Waals surface area contributed by atoms with Crippen LogP contribution in [0.3, 0.4) is 0 Å². The molecule has 1 aromatic carbocycles. The van der Waals surface area contributed by atoms with Crippen LogP contribution in [0.15, 0.2) is 28.3 Å². The SMILES string of the molecule is Cc1nc(NCCCCC2CON=C2C(=O)NC(C)(NS(=O)(=O)c2c(Cl)cccc2Cl)C(=O)O)[nH]c1C. The largest absolute Gasteiger partial charge is 0.478 e. The number of sulfonamides is 1. The Bertz CT molecular complexity index is 1270. The van der Waals surface area contributed by atoms with Crippen LogP contribution in [0, 0.1) is 19.8 Å². The highest BCUT2D eigenvalue weighted by Gasteiger charge is 2.43. The topological polar surface area (TPSA) is 175 Å². The molecule has 2 aromatic rings. The monoisotopic (exact) mass is 574 g/mol. The fourth-order valence-electron chi connectivity index (χ4n) is 3.62. The lowest BCUT2D eigenvalue weighted by atomic mass is 9.97. The maximum atomic E-state index is 12.9. The van der Waals surface area contributed by atoms with Gasteiger partial charge >= 0.3 is 5.97 Å². The first kappa shape index (κ1) is 28.7. The van der Waals surface area contributed by atoms with E-state index in [9.17, 15) is 23.1 Å². The first-order valence-corrected chi connectivity index (χ1v) is 13.6. The van der Waals surface area contributed by atoms with Gasteiger partial charge in [0.1, 0.15) is 11.5 Å². The van der Waals surface area contributed by atoms with Crippen LogP contribution >= 0.6 is 23.2 Å². The Kier molecular flexibility index (Phi) is 9.05. The van der Waals surface area contributed by atoms with E-state index in [0.717, 1.165) is 31.2 Å². The maximum absolute atomic E-state index is 12.9. The van der Waals surface area contributed by atoms with E-state index in [0.29, 0.717) is 18.9 Å². The molecule has 37 heavy (non-hydrogen) atoms. The summed E-state index contributed by atoms with van der Waals surface area (Å²) in [6.45, 7) is 5.64. The van der Waals surface area contributed by atoms with Crippen LogP contribution in [-0.4, -0.2) is 59.9 Å².